The number of oxime groups is 1. The van der Waals surface area contributed by atoms with Gasteiger partial charge >= 0.3 is 0 Å². The van der Waals surface area contributed by atoms with Crippen LogP contribution in [-0.4, -0.2) is 29.0 Å². The van der Waals surface area contributed by atoms with Gasteiger partial charge in [-0.05, 0) is 18.2 Å². The van der Waals surface area contributed by atoms with Crippen LogP contribution in [-0.2, 0) is 6.54 Å². The number of hydrogen-bond acceptors (Lipinski definition) is 3. The molecule has 0 spiro atoms. The van der Waals surface area contributed by atoms with E-state index >= 15 is 0 Å². The molecule has 0 saturated carbocycles. The van der Waals surface area contributed by atoms with Gasteiger partial charge in [-0.3, -0.25) is 4.90 Å². The van der Waals surface area contributed by atoms with Crippen molar-refractivity contribution in [1.82, 2.24) is 4.90 Å². The summed E-state index contributed by atoms with van der Waals surface area (Å²) in [4.78, 5) is 2.06. The van der Waals surface area contributed by atoms with Gasteiger partial charge < -0.3 is 10.9 Å². The molecule has 0 saturated heterocycles. The number of nitrogens with zero attached hydrogens (tertiary/aromatic N) is 2. The lowest BCUT2D eigenvalue weighted by Gasteiger charge is -2.24. The van der Waals surface area contributed by atoms with Gasteiger partial charge in [0, 0.05) is 19.0 Å². The van der Waals surface area contributed by atoms with Crippen LogP contribution < -0.4 is 5.73 Å². The minimum Gasteiger partial charge on any atom is -0.409 e. The lowest BCUT2D eigenvalue weighted by molar-refractivity contribution is 0.257. The SMILES string of the molecule is CCN(Cc1cccc(F)c1Cl)CC(C)/C(N)=N/O. The molecule has 0 aliphatic heterocycles. The maximum Gasteiger partial charge on any atom is 0.143 e. The van der Waals surface area contributed by atoms with Crippen LogP contribution in [0.2, 0.25) is 5.02 Å². The summed E-state index contributed by atoms with van der Waals surface area (Å²) in [6.45, 7) is 5.75. The topological polar surface area (TPSA) is 61.8 Å². The summed E-state index contributed by atoms with van der Waals surface area (Å²) in [5.74, 6) is -0.319. The van der Waals surface area contributed by atoms with E-state index in [9.17, 15) is 4.39 Å². The largest absolute Gasteiger partial charge is 0.409 e. The highest BCUT2D eigenvalue weighted by atomic mass is 35.5. The first-order valence-electron chi connectivity index (χ1n) is 6.12. The van der Waals surface area contributed by atoms with Crippen molar-refractivity contribution in [1.29, 1.82) is 0 Å². The van der Waals surface area contributed by atoms with Gasteiger partial charge in [0.25, 0.3) is 0 Å². The second kappa shape index (κ2) is 7.31. The molecule has 1 aromatic carbocycles. The Bertz CT molecular complexity index is 454. The molecule has 0 bridgehead atoms. The van der Waals surface area contributed by atoms with Crippen molar-refractivity contribution in [2.75, 3.05) is 13.1 Å². The highest BCUT2D eigenvalue weighted by Gasteiger charge is 2.15. The summed E-state index contributed by atoms with van der Waals surface area (Å²) in [5, 5.41) is 11.8. The molecule has 1 atom stereocenters. The molecular weight excluding hydrogens is 269 g/mol. The number of rotatable bonds is 6. The lowest BCUT2D eigenvalue weighted by Crippen LogP contribution is -2.34. The van der Waals surface area contributed by atoms with Crippen molar-refractivity contribution in [3.63, 3.8) is 0 Å². The fraction of sp³-hybridized carbons (Fsp3) is 0.462. The lowest BCUT2D eigenvalue weighted by atomic mass is 10.1. The quantitative estimate of drug-likeness (QED) is 0.366. The van der Waals surface area contributed by atoms with E-state index in [1.54, 1.807) is 12.1 Å². The zero-order valence-corrected chi connectivity index (χ0v) is 11.9. The van der Waals surface area contributed by atoms with Crippen LogP contribution in [0.5, 0.6) is 0 Å². The molecule has 1 aromatic rings. The third kappa shape index (κ3) is 4.36. The molecular formula is C13H19ClFN3O. The van der Waals surface area contributed by atoms with E-state index in [4.69, 9.17) is 22.5 Å². The first-order valence-corrected chi connectivity index (χ1v) is 6.50. The summed E-state index contributed by atoms with van der Waals surface area (Å²) in [6, 6.07) is 4.76. The number of benzene rings is 1. The van der Waals surface area contributed by atoms with E-state index in [-0.39, 0.29) is 16.8 Å². The molecule has 0 fully saturated rings. The van der Waals surface area contributed by atoms with Gasteiger partial charge in [-0.25, -0.2) is 4.39 Å². The Hall–Kier alpha value is -1.33. The molecule has 6 heteroatoms. The molecule has 0 aliphatic rings. The van der Waals surface area contributed by atoms with Gasteiger partial charge in [0.2, 0.25) is 0 Å². The summed E-state index contributed by atoms with van der Waals surface area (Å²) in [7, 11) is 0. The molecule has 3 N–H and O–H groups in total. The van der Waals surface area contributed by atoms with Crippen molar-refractivity contribution in [2.24, 2.45) is 16.8 Å². The number of hydrogen-bond donors (Lipinski definition) is 2. The van der Waals surface area contributed by atoms with Crippen LogP contribution in [0.15, 0.2) is 23.4 Å². The minimum atomic E-state index is -0.417. The van der Waals surface area contributed by atoms with Gasteiger partial charge in [0.05, 0.1) is 5.02 Å². The molecule has 1 rings (SSSR count). The van der Waals surface area contributed by atoms with E-state index < -0.39 is 5.82 Å². The average Bonchev–Trinajstić information content (AvgIpc) is 2.41. The summed E-state index contributed by atoms with van der Waals surface area (Å²) >= 11 is 5.93. The van der Waals surface area contributed by atoms with Gasteiger partial charge in [-0.2, -0.15) is 0 Å². The Morgan fingerprint density at radius 3 is 2.84 bits per heavy atom. The Morgan fingerprint density at radius 2 is 2.26 bits per heavy atom. The monoisotopic (exact) mass is 287 g/mol. The maximum atomic E-state index is 13.4. The third-order valence-electron chi connectivity index (χ3n) is 3.03. The second-order valence-electron chi connectivity index (χ2n) is 4.47. The standard InChI is InChI=1S/C13H19ClFN3O/c1-3-18(7-9(2)13(16)17-19)8-10-5-4-6-11(15)12(10)14/h4-6,9,19H,3,7-8H2,1-2H3,(H2,16,17). The zero-order chi connectivity index (χ0) is 14.4. The molecule has 0 radical (unpaired) electrons. The van der Waals surface area contributed by atoms with Gasteiger partial charge in [0.1, 0.15) is 11.7 Å². The van der Waals surface area contributed by atoms with E-state index in [2.05, 4.69) is 10.1 Å². The molecule has 4 nitrogen and oxygen atoms in total. The Morgan fingerprint density at radius 1 is 1.58 bits per heavy atom. The van der Waals surface area contributed by atoms with Crippen molar-refractivity contribution < 1.29 is 9.60 Å². The normalized spacial score (nSPS) is 13.8. The Kier molecular flexibility index (Phi) is 6.05. The van der Waals surface area contributed by atoms with E-state index in [0.717, 1.165) is 12.1 Å². The highest BCUT2D eigenvalue weighted by Crippen LogP contribution is 2.21. The second-order valence-corrected chi connectivity index (χ2v) is 4.84. The third-order valence-corrected chi connectivity index (χ3v) is 3.45. The van der Waals surface area contributed by atoms with E-state index in [1.807, 2.05) is 13.8 Å². The minimum absolute atomic E-state index is 0.0858. The van der Waals surface area contributed by atoms with Crippen LogP contribution in [0.25, 0.3) is 0 Å². The van der Waals surface area contributed by atoms with Gasteiger partial charge in [-0.15, -0.1) is 0 Å². The van der Waals surface area contributed by atoms with Crippen LogP contribution in [0.4, 0.5) is 4.39 Å². The molecule has 0 aromatic heterocycles. The molecule has 1 unspecified atom stereocenters. The molecule has 0 heterocycles. The fourth-order valence-corrected chi connectivity index (χ4v) is 1.98. The van der Waals surface area contributed by atoms with Crippen LogP contribution in [0.3, 0.4) is 0 Å². The summed E-state index contributed by atoms with van der Waals surface area (Å²) in [6.07, 6.45) is 0. The molecule has 0 aliphatic carbocycles. The zero-order valence-electron chi connectivity index (χ0n) is 11.1. The predicted molar refractivity (Wildman–Crippen MR) is 74.9 cm³/mol. The smallest absolute Gasteiger partial charge is 0.143 e. The maximum absolute atomic E-state index is 13.4. The number of amidine groups is 1. The van der Waals surface area contributed by atoms with E-state index in [1.165, 1.54) is 6.07 Å². The Balaban J connectivity index is 2.74. The van der Waals surface area contributed by atoms with Crippen molar-refractivity contribution in [3.8, 4) is 0 Å². The van der Waals surface area contributed by atoms with E-state index in [0.29, 0.717) is 13.1 Å². The van der Waals surface area contributed by atoms with Crippen molar-refractivity contribution in [2.45, 2.75) is 20.4 Å². The average molecular weight is 288 g/mol. The first-order chi connectivity index (χ1) is 8.99. The molecule has 0 amide bonds. The Labute approximate surface area is 117 Å². The van der Waals surface area contributed by atoms with Crippen LogP contribution >= 0.6 is 11.6 Å². The number of nitrogens with two attached hydrogens (primary N) is 1. The molecule has 106 valence electrons. The summed E-state index contributed by atoms with van der Waals surface area (Å²) in [5.41, 5.74) is 6.29. The number of halogens is 2. The van der Waals surface area contributed by atoms with Gasteiger partial charge in [0.15, 0.2) is 0 Å². The van der Waals surface area contributed by atoms with Crippen LogP contribution in [0, 0.1) is 11.7 Å². The highest BCUT2D eigenvalue weighted by molar-refractivity contribution is 6.31. The fourth-order valence-electron chi connectivity index (χ4n) is 1.80. The van der Waals surface area contributed by atoms with Crippen molar-refractivity contribution in [3.05, 3.63) is 34.6 Å². The van der Waals surface area contributed by atoms with Crippen LogP contribution in [0.1, 0.15) is 19.4 Å². The first kappa shape index (κ1) is 15.7. The molecule has 19 heavy (non-hydrogen) atoms. The van der Waals surface area contributed by atoms with Crippen molar-refractivity contribution >= 4 is 17.4 Å². The predicted octanol–water partition coefficient (Wildman–Crippen LogP) is 2.68. The summed E-state index contributed by atoms with van der Waals surface area (Å²) < 4.78 is 13.4. The van der Waals surface area contributed by atoms with Gasteiger partial charge in [-0.1, -0.05) is 42.7 Å².